The quantitative estimate of drug-likeness (QED) is 0.706. The summed E-state index contributed by atoms with van der Waals surface area (Å²) in [4.78, 5) is 11.6. The SMILES string of the molecule is CCOC(=O)C1CCN(S(=O)(=O)N(C)CC(C)(C)O)CC1. The highest BCUT2D eigenvalue weighted by Gasteiger charge is 2.35. The van der Waals surface area contributed by atoms with Gasteiger partial charge in [-0.2, -0.15) is 17.0 Å². The number of carbonyl (C=O) groups excluding carboxylic acids is 1. The lowest BCUT2D eigenvalue weighted by Gasteiger charge is -2.34. The predicted octanol–water partition coefficient (Wildman–Crippen LogP) is 0.209. The molecule has 1 N–H and O–H groups in total. The fourth-order valence-electron chi connectivity index (χ4n) is 2.41. The molecule has 0 aromatic heterocycles. The molecule has 0 bridgehead atoms. The van der Waals surface area contributed by atoms with Crippen LogP contribution in [0.25, 0.3) is 0 Å². The van der Waals surface area contributed by atoms with Gasteiger partial charge in [-0.3, -0.25) is 4.79 Å². The maximum Gasteiger partial charge on any atom is 0.309 e. The van der Waals surface area contributed by atoms with Gasteiger partial charge in [-0.05, 0) is 33.6 Å². The average Bonchev–Trinajstić information content (AvgIpc) is 2.37. The van der Waals surface area contributed by atoms with Gasteiger partial charge < -0.3 is 9.84 Å². The van der Waals surface area contributed by atoms with Crippen molar-refractivity contribution in [2.75, 3.05) is 33.3 Å². The Bertz CT molecular complexity index is 450. The lowest BCUT2D eigenvalue weighted by Crippen LogP contribution is -2.49. The minimum atomic E-state index is -3.60. The summed E-state index contributed by atoms with van der Waals surface area (Å²) in [5, 5.41) is 9.74. The van der Waals surface area contributed by atoms with Crippen molar-refractivity contribution >= 4 is 16.2 Å². The summed E-state index contributed by atoms with van der Waals surface area (Å²) in [6.45, 7) is 5.82. The zero-order valence-corrected chi connectivity index (χ0v) is 14.0. The van der Waals surface area contributed by atoms with Crippen molar-refractivity contribution in [1.82, 2.24) is 8.61 Å². The maximum atomic E-state index is 12.4. The Balaban J connectivity index is 2.62. The van der Waals surface area contributed by atoms with Crippen LogP contribution in [-0.2, 0) is 19.7 Å². The Hall–Kier alpha value is -0.700. The van der Waals surface area contributed by atoms with Crippen molar-refractivity contribution in [2.45, 2.75) is 39.2 Å². The van der Waals surface area contributed by atoms with Crippen LogP contribution in [0.5, 0.6) is 0 Å². The van der Waals surface area contributed by atoms with E-state index in [0.29, 0.717) is 32.5 Å². The van der Waals surface area contributed by atoms with E-state index in [9.17, 15) is 18.3 Å². The van der Waals surface area contributed by atoms with Gasteiger partial charge in [0.05, 0.1) is 18.1 Å². The first-order valence-corrected chi connectivity index (χ1v) is 8.58. The third kappa shape index (κ3) is 5.21. The number of ether oxygens (including phenoxy) is 1. The van der Waals surface area contributed by atoms with Gasteiger partial charge in [0.25, 0.3) is 10.2 Å². The van der Waals surface area contributed by atoms with E-state index in [1.807, 2.05) is 0 Å². The second-order valence-electron chi connectivity index (χ2n) is 6.00. The lowest BCUT2D eigenvalue weighted by molar-refractivity contribution is -0.149. The van der Waals surface area contributed by atoms with Gasteiger partial charge in [-0.15, -0.1) is 0 Å². The zero-order valence-electron chi connectivity index (χ0n) is 13.2. The number of likely N-dealkylation sites (N-methyl/N-ethyl adjacent to an activating group) is 1. The first-order chi connectivity index (χ1) is 9.58. The molecule has 8 heteroatoms. The average molecular weight is 322 g/mol. The number of hydrogen-bond donors (Lipinski definition) is 1. The molecular formula is C13H26N2O5S. The van der Waals surface area contributed by atoms with E-state index in [0.717, 1.165) is 4.31 Å². The van der Waals surface area contributed by atoms with Crippen LogP contribution < -0.4 is 0 Å². The summed E-state index contributed by atoms with van der Waals surface area (Å²) in [5.41, 5.74) is -1.09. The number of piperidine rings is 1. The summed E-state index contributed by atoms with van der Waals surface area (Å²) in [7, 11) is -2.15. The molecular weight excluding hydrogens is 296 g/mol. The second kappa shape index (κ2) is 7.04. The predicted molar refractivity (Wildman–Crippen MR) is 78.8 cm³/mol. The van der Waals surface area contributed by atoms with E-state index in [1.54, 1.807) is 20.8 Å². The van der Waals surface area contributed by atoms with Crippen LogP contribution in [0.1, 0.15) is 33.6 Å². The van der Waals surface area contributed by atoms with Crippen LogP contribution in [-0.4, -0.2) is 67.0 Å². The Labute approximate surface area is 127 Å². The molecule has 0 amide bonds. The highest BCUT2D eigenvalue weighted by atomic mass is 32.2. The second-order valence-corrected chi connectivity index (χ2v) is 8.04. The number of aliphatic hydroxyl groups is 1. The Kier molecular flexibility index (Phi) is 6.15. The third-order valence-electron chi connectivity index (χ3n) is 3.40. The Morgan fingerprint density at radius 3 is 2.33 bits per heavy atom. The monoisotopic (exact) mass is 322 g/mol. The zero-order chi connectivity index (χ0) is 16.3. The molecule has 0 aromatic carbocycles. The lowest BCUT2D eigenvalue weighted by atomic mass is 9.98. The number of rotatable bonds is 6. The molecule has 0 unspecified atom stereocenters. The van der Waals surface area contributed by atoms with Crippen LogP contribution in [0.15, 0.2) is 0 Å². The van der Waals surface area contributed by atoms with Crippen LogP contribution in [0.4, 0.5) is 0 Å². The molecule has 124 valence electrons. The highest BCUT2D eigenvalue weighted by Crippen LogP contribution is 2.22. The molecule has 1 aliphatic heterocycles. The summed E-state index contributed by atoms with van der Waals surface area (Å²) in [6, 6.07) is 0. The summed E-state index contributed by atoms with van der Waals surface area (Å²) in [5.74, 6) is -0.476. The summed E-state index contributed by atoms with van der Waals surface area (Å²) in [6.07, 6.45) is 0.933. The molecule has 0 radical (unpaired) electrons. The fourth-order valence-corrected chi connectivity index (χ4v) is 3.95. The number of hydrogen-bond acceptors (Lipinski definition) is 5. The topological polar surface area (TPSA) is 87.2 Å². The molecule has 1 heterocycles. The van der Waals surface area contributed by atoms with E-state index in [1.165, 1.54) is 11.4 Å². The van der Waals surface area contributed by atoms with Crippen molar-refractivity contribution in [2.24, 2.45) is 5.92 Å². The van der Waals surface area contributed by atoms with Crippen molar-refractivity contribution in [3.8, 4) is 0 Å². The Morgan fingerprint density at radius 1 is 1.38 bits per heavy atom. The van der Waals surface area contributed by atoms with E-state index in [2.05, 4.69) is 0 Å². The van der Waals surface area contributed by atoms with Crippen molar-refractivity contribution < 1.29 is 23.1 Å². The van der Waals surface area contributed by atoms with Crippen LogP contribution in [0, 0.1) is 5.92 Å². The summed E-state index contributed by atoms with van der Waals surface area (Å²) >= 11 is 0. The normalized spacial score (nSPS) is 19.0. The summed E-state index contributed by atoms with van der Waals surface area (Å²) < 4.78 is 32.3. The maximum absolute atomic E-state index is 12.4. The van der Waals surface area contributed by atoms with Crippen molar-refractivity contribution in [3.05, 3.63) is 0 Å². The third-order valence-corrected chi connectivity index (χ3v) is 5.34. The van der Waals surface area contributed by atoms with Gasteiger partial charge in [-0.1, -0.05) is 0 Å². The highest BCUT2D eigenvalue weighted by molar-refractivity contribution is 7.86. The van der Waals surface area contributed by atoms with Gasteiger partial charge >= 0.3 is 5.97 Å². The number of carbonyl (C=O) groups is 1. The molecule has 0 saturated carbocycles. The van der Waals surface area contributed by atoms with E-state index in [-0.39, 0.29) is 18.4 Å². The van der Waals surface area contributed by atoms with Crippen molar-refractivity contribution in [1.29, 1.82) is 0 Å². The van der Waals surface area contributed by atoms with Crippen LogP contribution in [0.3, 0.4) is 0 Å². The van der Waals surface area contributed by atoms with E-state index in [4.69, 9.17) is 4.74 Å². The first-order valence-electron chi connectivity index (χ1n) is 7.18. The molecule has 1 fully saturated rings. The minimum absolute atomic E-state index is 0.0210. The molecule has 1 saturated heterocycles. The van der Waals surface area contributed by atoms with Crippen LogP contribution >= 0.6 is 0 Å². The van der Waals surface area contributed by atoms with Crippen LogP contribution in [0.2, 0.25) is 0 Å². The van der Waals surface area contributed by atoms with E-state index < -0.39 is 15.8 Å². The van der Waals surface area contributed by atoms with Gasteiger partial charge in [0.15, 0.2) is 0 Å². The molecule has 0 aliphatic carbocycles. The number of nitrogens with zero attached hydrogens (tertiary/aromatic N) is 2. The molecule has 1 aliphatic rings. The fraction of sp³-hybridized carbons (Fsp3) is 0.923. The van der Waals surface area contributed by atoms with Gasteiger partial charge in [0.1, 0.15) is 0 Å². The smallest absolute Gasteiger partial charge is 0.309 e. The molecule has 0 atom stereocenters. The standard InChI is InChI=1S/C13H26N2O5S/c1-5-20-12(16)11-6-8-15(9-7-11)21(18,19)14(4)10-13(2,3)17/h11,17H,5-10H2,1-4H3. The van der Waals surface area contributed by atoms with Gasteiger partial charge in [0, 0.05) is 26.7 Å². The van der Waals surface area contributed by atoms with E-state index >= 15 is 0 Å². The minimum Gasteiger partial charge on any atom is -0.466 e. The molecule has 0 aromatic rings. The van der Waals surface area contributed by atoms with Gasteiger partial charge in [-0.25, -0.2) is 0 Å². The molecule has 7 nitrogen and oxygen atoms in total. The molecule has 21 heavy (non-hydrogen) atoms. The van der Waals surface area contributed by atoms with Crippen molar-refractivity contribution in [3.63, 3.8) is 0 Å². The largest absolute Gasteiger partial charge is 0.466 e. The molecule has 0 spiro atoms. The van der Waals surface area contributed by atoms with Gasteiger partial charge in [0.2, 0.25) is 0 Å². The number of esters is 1. The first kappa shape index (κ1) is 18.3. The molecule has 1 rings (SSSR count). The Morgan fingerprint density at radius 2 is 1.90 bits per heavy atom.